The third kappa shape index (κ3) is 3.73. The number of hydrogen-bond acceptors (Lipinski definition) is 5. The van der Waals surface area contributed by atoms with E-state index in [1.165, 1.54) is 0 Å². The van der Waals surface area contributed by atoms with Gasteiger partial charge in [0.1, 0.15) is 17.3 Å². The molecule has 21 heavy (non-hydrogen) atoms. The van der Waals surface area contributed by atoms with Gasteiger partial charge < -0.3 is 10.5 Å². The molecule has 0 saturated carbocycles. The zero-order valence-electron chi connectivity index (χ0n) is 11.9. The summed E-state index contributed by atoms with van der Waals surface area (Å²) in [6, 6.07) is 6.96. The van der Waals surface area contributed by atoms with E-state index in [2.05, 4.69) is 14.9 Å². The van der Waals surface area contributed by atoms with E-state index in [4.69, 9.17) is 10.5 Å². The van der Waals surface area contributed by atoms with Crippen molar-refractivity contribution in [3.63, 3.8) is 0 Å². The van der Waals surface area contributed by atoms with Crippen LogP contribution in [0.15, 0.2) is 29.2 Å². The molecule has 114 valence electrons. The second-order valence-corrected chi connectivity index (χ2v) is 6.29. The first kappa shape index (κ1) is 15.3. The summed E-state index contributed by atoms with van der Waals surface area (Å²) in [4.78, 5) is 0.187. The van der Waals surface area contributed by atoms with Crippen LogP contribution in [0.4, 0.5) is 5.69 Å². The van der Waals surface area contributed by atoms with E-state index in [-0.39, 0.29) is 18.0 Å². The Labute approximate surface area is 123 Å². The van der Waals surface area contributed by atoms with Gasteiger partial charge in [0.2, 0.25) is 10.0 Å². The normalized spacial score (nSPS) is 11.5. The number of ether oxygens (including phenoxy) is 1. The molecule has 0 saturated heterocycles. The minimum atomic E-state index is -3.59. The molecule has 0 amide bonds. The Morgan fingerprint density at radius 3 is 2.76 bits per heavy atom. The number of rotatable bonds is 6. The van der Waals surface area contributed by atoms with Gasteiger partial charge in [-0.1, -0.05) is 6.07 Å². The summed E-state index contributed by atoms with van der Waals surface area (Å²) < 4.78 is 32.2. The number of aryl methyl sites for hydroxylation is 2. The maximum atomic E-state index is 12.2. The molecule has 0 atom stereocenters. The van der Waals surface area contributed by atoms with Gasteiger partial charge in [0, 0.05) is 18.3 Å². The number of sulfonamides is 1. The van der Waals surface area contributed by atoms with Gasteiger partial charge in [-0.3, -0.25) is 5.10 Å². The lowest BCUT2D eigenvalue weighted by Crippen LogP contribution is -2.29. The second kappa shape index (κ2) is 6.15. The van der Waals surface area contributed by atoms with Crippen molar-refractivity contribution < 1.29 is 13.2 Å². The number of nitrogens with zero attached hydrogens (tertiary/aromatic N) is 1. The van der Waals surface area contributed by atoms with Crippen LogP contribution >= 0.6 is 0 Å². The fraction of sp³-hybridized carbons (Fsp3) is 0.308. The second-order valence-electron chi connectivity index (χ2n) is 4.58. The number of H-pyrrole nitrogens is 1. The predicted molar refractivity (Wildman–Crippen MR) is 79.6 cm³/mol. The van der Waals surface area contributed by atoms with Crippen molar-refractivity contribution in [2.24, 2.45) is 0 Å². The molecule has 0 aliphatic heterocycles. The lowest BCUT2D eigenvalue weighted by Gasteiger charge is -2.09. The smallest absolute Gasteiger partial charge is 0.244 e. The Morgan fingerprint density at radius 1 is 1.38 bits per heavy atom. The van der Waals surface area contributed by atoms with Gasteiger partial charge in [-0.2, -0.15) is 5.10 Å². The molecule has 7 nitrogen and oxygen atoms in total. The van der Waals surface area contributed by atoms with Gasteiger partial charge in [0.15, 0.2) is 0 Å². The van der Waals surface area contributed by atoms with Gasteiger partial charge in [-0.15, -0.1) is 0 Å². The zero-order chi connectivity index (χ0) is 15.5. The molecule has 1 heterocycles. The van der Waals surface area contributed by atoms with Gasteiger partial charge >= 0.3 is 0 Å². The van der Waals surface area contributed by atoms with Crippen molar-refractivity contribution in [3.8, 4) is 5.75 Å². The molecule has 0 bridgehead atoms. The van der Waals surface area contributed by atoms with Gasteiger partial charge in [-0.25, -0.2) is 13.1 Å². The zero-order valence-corrected chi connectivity index (χ0v) is 12.7. The quantitative estimate of drug-likeness (QED) is 0.544. The number of anilines is 1. The highest BCUT2D eigenvalue weighted by molar-refractivity contribution is 7.89. The molecule has 0 aliphatic carbocycles. The summed E-state index contributed by atoms with van der Waals surface area (Å²) in [5.74, 6) is 0.602. The van der Waals surface area contributed by atoms with Crippen LogP contribution in [0.3, 0.4) is 0 Å². The summed E-state index contributed by atoms with van der Waals surface area (Å²) in [7, 11) is -3.59. The van der Waals surface area contributed by atoms with E-state index >= 15 is 0 Å². The number of hydrogen-bond donors (Lipinski definition) is 3. The van der Waals surface area contributed by atoms with Crippen LogP contribution < -0.4 is 15.2 Å². The van der Waals surface area contributed by atoms with E-state index < -0.39 is 10.0 Å². The fourth-order valence-corrected chi connectivity index (χ4v) is 3.34. The Kier molecular flexibility index (Phi) is 4.49. The van der Waals surface area contributed by atoms with Crippen molar-refractivity contribution in [2.75, 3.05) is 18.9 Å². The largest absolute Gasteiger partial charge is 0.492 e. The van der Waals surface area contributed by atoms with Crippen molar-refractivity contribution in [2.45, 2.75) is 18.7 Å². The van der Waals surface area contributed by atoms with Gasteiger partial charge in [-0.05, 0) is 26.0 Å². The molecule has 2 aromatic rings. The highest BCUT2D eigenvalue weighted by Crippen LogP contribution is 2.16. The molecule has 8 heteroatoms. The van der Waals surface area contributed by atoms with Crippen molar-refractivity contribution in [1.82, 2.24) is 14.9 Å². The maximum Gasteiger partial charge on any atom is 0.244 e. The lowest BCUT2D eigenvalue weighted by molar-refractivity contribution is 0.323. The van der Waals surface area contributed by atoms with Gasteiger partial charge in [0.25, 0.3) is 0 Å². The lowest BCUT2D eigenvalue weighted by atomic mass is 10.3. The first-order valence-corrected chi connectivity index (χ1v) is 7.88. The number of nitrogens with two attached hydrogens (primary N) is 1. The molecule has 2 rings (SSSR count). The van der Waals surface area contributed by atoms with Crippen LogP contribution in [0.5, 0.6) is 5.75 Å². The average molecular weight is 310 g/mol. The van der Waals surface area contributed by atoms with Crippen molar-refractivity contribution >= 4 is 15.7 Å². The first-order valence-electron chi connectivity index (χ1n) is 6.40. The summed E-state index contributed by atoms with van der Waals surface area (Å²) in [5.41, 5.74) is 7.18. The summed E-state index contributed by atoms with van der Waals surface area (Å²) >= 11 is 0. The van der Waals surface area contributed by atoms with Crippen LogP contribution in [0.2, 0.25) is 0 Å². The van der Waals surface area contributed by atoms with Gasteiger partial charge in [0.05, 0.1) is 11.4 Å². The number of nitrogen functional groups attached to an aromatic ring is 1. The van der Waals surface area contributed by atoms with Crippen LogP contribution in [0, 0.1) is 13.8 Å². The molecule has 0 aliphatic rings. The SMILES string of the molecule is Cc1n[nH]c(C)c1S(=O)(=O)NCCOc1cccc(N)c1. The van der Waals surface area contributed by atoms with E-state index in [1.54, 1.807) is 38.1 Å². The molecule has 1 aromatic heterocycles. The molecule has 0 unspecified atom stereocenters. The van der Waals surface area contributed by atoms with Crippen LogP contribution in [0.25, 0.3) is 0 Å². The average Bonchev–Trinajstić information content (AvgIpc) is 2.75. The number of aromatic amines is 1. The standard InChI is InChI=1S/C13H18N4O3S/c1-9-13(10(2)17-16-9)21(18,19)15-6-7-20-12-5-3-4-11(14)8-12/h3-5,8,15H,6-7,14H2,1-2H3,(H,16,17). The summed E-state index contributed by atoms with van der Waals surface area (Å²) in [6.45, 7) is 3.67. The highest BCUT2D eigenvalue weighted by Gasteiger charge is 2.21. The van der Waals surface area contributed by atoms with Crippen LogP contribution in [0.1, 0.15) is 11.4 Å². The van der Waals surface area contributed by atoms with E-state index in [1.807, 2.05) is 0 Å². The first-order chi connectivity index (χ1) is 9.90. The van der Waals surface area contributed by atoms with E-state index in [9.17, 15) is 8.42 Å². The molecule has 0 radical (unpaired) electrons. The maximum absolute atomic E-state index is 12.2. The van der Waals surface area contributed by atoms with E-state index in [0.717, 1.165) is 0 Å². The number of nitrogens with one attached hydrogen (secondary N) is 2. The summed E-state index contributed by atoms with van der Waals surface area (Å²) in [5, 5.41) is 6.53. The third-order valence-corrected chi connectivity index (χ3v) is 4.57. The predicted octanol–water partition coefficient (Wildman–Crippen LogP) is 0.966. The van der Waals surface area contributed by atoms with Crippen LogP contribution in [-0.4, -0.2) is 31.8 Å². The molecule has 0 spiro atoms. The Morgan fingerprint density at radius 2 is 2.14 bits per heavy atom. The number of benzene rings is 1. The number of aromatic nitrogens is 2. The van der Waals surface area contributed by atoms with Crippen molar-refractivity contribution in [3.05, 3.63) is 35.7 Å². The molecule has 0 fully saturated rings. The highest BCUT2D eigenvalue weighted by atomic mass is 32.2. The minimum Gasteiger partial charge on any atom is -0.492 e. The Bertz CT molecular complexity index is 705. The molecular formula is C13H18N4O3S. The molecule has 1 aromatic carbocycles. The molecule has 4 N–H and O–H groups in total. The monoisotopic (exact) mass is 310 g/mol. The Hall–Kier alpha value is -2.06. The third-order valence-electron chi connectivity index (χ3n) is 2.85. The Balaban J connectivity index is 1.91. The topological polar surface area (TPSA) is 110 Å². The van der Waals surface area contributed by atoms with E-state index in [0.29, 0.717) is 22.8 Å². The molecular weight excluding hydrogens is 292 g/mol. The fourth-order valence-electron chi connectivity index (χ4n) is 1.96. The summed E-state index contributed by atoms with van der Waals surface area (Å²) in [6.07, 6.45) is 0. The van der Waals surface area contributed by atoms with Crippen molar-refractivity contribution in [1.29, 1.82) is 0 Å². The minimum absolute atomic E-state index is 0.154. The van der Waals surface area contributed by atoms with Crippen LogP contribution in [-0.2, 0) is 10.0 Å².